The van der Waals surface area contributed by atoms with Crippen LogP contribution < -0.4 is 4.74 Å². The van der Waals surface area contributed by atoms with Crippen molar-refractivity contribution in [3.63, 3.8) is 0 Å². The van der Waals surface area contributed by atoms with Gasteiger partial charge in [-0.15, -0.1) is 13.2 Å². The highest BCUT2D eigenvalue weighted by Gasteiger charge is 2.31. The molecule has 26 heavy (non-hydrogen) atoms. The predicted octanol–water partition coefficient (Wildman–Crippen LogP) is 2.21. The third-order valence-electron chi connectivity index (χ3n) is 3.88. The first-order valence-corrected chi connectivity index (χ1v) is 7.76. The van der Waals surface area contributed by atoms with Crippen molar-refractivity contribution in [1.29, 1.82) is 0 Å². The number of nitrogens with zero attached hydrogens (tertiary/aromatic N) is 4. The lowest BCUT2D eigenvalue weighted by Gasteiger charge is -2.34. The first kappa shape index (κ1) is 17.8. The summed E-state index contributed by atoms with van der Waals surface area (Å²) >= 11 is 0. The normalized spacial score (nSPS) is 15.0. The van der Waals surface area contributed by atoms with Gasteiger partial charge in [0.1, 0.15) is 12.1 Å². The fourth-order valence-electron chi connectivity index (χ4n) is 2.65. The molecule has 0 aliphatic carbocycles. The molecule has 0 N–H and O–H groups in total. The number of piperazine rings is 1. The van der Waals surface area contributed by atoms with Gasteiger partial charge in [-0.1, -0.05) is 6.07 Å². The number of hydrogen-bond donors (Lipinski definition) is 0. The summed E-state index contributed by atoms with van der Waals surface area (Å²) in [7, 11) is 0. The van der Waals surface area contributed by atoms with Crippen molar-refractivity contribution < 1.29 is 27.5 Å². The number of hydrogen-bond acceptors (Lipinski definition) is 4. The molecule has 0 saturated carbocycles. The van der Waals surface area contributed by atoms with Gasteiger partial charge in [0, 0.05) is 44.1 Å². The Labute approximate surface area is 146 Å². The Morgan fingerprint density at radius 1 is 1.08 bits per heavy atom. The molecule has 3 rings (SSSR count). The molecule has 0 bridgehead atoms. The number of carbonyl (C=O) groups is 2. The quantitative estimate of drug-likeness (QED) is 0.815. The van der Waals surface area contributed by atoms with Crippen LogP contribution in [0.15, 0.2) is 43.0 Å². The summed E-state index contributed by atoms with van der Waals surface area (Å²) in [6, 6.07) is 4.70. The largest absolute Gasteiger partial charge is 0.573 e. The summed E-state index contributed by atoms with van der Waals surface area (Å²) in [4.78, 5) is 31.6. The molecule has 10 heteroatoms. The lowest BCUT2D eigenvalue weighted by atomic mass is 10.1. The molecule has 0 unspecified atom stereocenters. The molecule has 7 nitrogen and oxygen atoms in total. The maximum absolute atomic E-state index is 12.5. The lowest BCUT2D eigenvalue weighted by molar-refractivity contribution is -0.274. The van der Waals surface area contributed by atoms with Crippen LogP contribution in [0, 0.1) is 0 Å². The maximum Gasteiger partial charge on any atom is 0.573 e. The van der Waals surface area contributed by atoms with Crippen molar-refractivity contribution in [2.75, 3.05) is 26.2 Å². The zero-order chi connectivity index (χ0) is 18.7. The van der Waals surface area contributed by atoms with Gasteiger partial charge in [0.25, 0.3) is 5.91 Å². The molecule has 1 saturated heterocycles. The van der Waals surface area contributed by atoms with Gasteiger partial charge >= 0.3 is 12.4 Å². The number of benzene rings is 1. The van der Waals surface area contributed by atoms with Gasteiger partial charge in [0.15, 0.2) is 0 Å². The average Bonchev–Trinajstić information content (AvgIpc) is 3.14. The van der Waals surface area contributed by atoms with Crippen LogP contribution in [0.1, 0.15) is 10.4 Å². The van der Waals surface area contributed by atoms with Crippen LogP contribution in [0.25, 0.3) is 0 Å². The van der Waals surface area contributed by atoms with Gasteiger partial charge in [-0.25, -0.2) is 9.78 Å². The molecule has 138 valence electrons. The van der Waals surface area contributed by atoms with Crippen LogP contribution >= 0.6 is 0 Å². The summed E-state index contributed by atoms with van der Waals surface area (Å²) in [6.07, 6.45) is -0.396. The number of amides is 2. The van der Waals surface area contributed by atoms with Crippen LogP contribution in [0.3, 0.4) is 0 Å². The Kier molecular flexibility index (Phi) is 4.83. The second-order valence-corrected chi connectivity index (χ2v) is 5.61. The Balaban J connectivity index is 1.62. The standard InChI is InChI=1S/C16H15F3N4O3/c17-16(18,19)26-13-3-1-2-12(10-13)14(24)21-6-8-22(9-7-21)15(25)23-5-4-20-11-23/h1-5,10-11H,6-9H2. The smallest absolute Gasteiger partial charge is 0.406 e. The molecule has 1 aromatic heterocycles. The van der Waals surface area contributed by atoms with Gasteiger partial charge in [0.2, 0.25) is 0 Å². The van der Waals surface area contributed by atoms with Gasteiger partial charge in [0.05, 0.1) is 0 Å². The number of aromatic nitrogens is 2. The zero-order valence-corrected chi connectivity index (χ0v) is 13.5. The average molecular weight is 368 g/mol. The minimum Gasteiger partial charge on any atom is -0.406 e. The molecule has 0 spiro atoms. The van der Waals surface area contributed by atoms with Crippen LogP contribution in [-0.2, 0) is 0 Å². The minimum absolute atomic E-state index is 0.0983. The Morgan fingerprint density at radius 2 is 1.77 bits per heavy atom. The van der Waals surface area contributed by atoms with Crippen molar-refractivity contribution in [2.45, 2.75) is 6.36 Å². The molecular formula is C16H15F3N4O3. The van der Waals surface area contributed by atoms with E-state index in [0.717, 1.165) is 12.1 Å². The Bertz CT molecular complexity index is 784. The van der Waals surface area contributed by atoms with Crippen LogP contribution in [-0.4, -0.2) is 63.8 Å². The van der Waals surface area contributed by atoms with Crippen molar-refractivity contribution >= 4 is 11.9 Å². The van der Waals surface area contributed by atoms with Crippen molar-refractivity contribution in [3.8, 4) is 5.75 Å². The maximum atomic E-state index is 12.5. The summed E-state index contributed by atoms with van der Waals surface area (Å²) in [5.41, 5.74) is 0.0983. The highest BCUT2D eigenvalue weighted by Crippen LogP contribution is 2.24. The number of rotatable bonds is 2. The monoisotopic (exact) mass is 368 g/mol. The molecule has 2 amide bonds. The van der Waals surface area contributed by atoms with E-state index in [-0.39, 0.29) is 24.7 Å². The first-order chi connectivity index (χ1) is 12.3. The van der Waals surface area contributed by atoms with E-state index in [1.54, 1.807) is 4.90 Å². The number of halogens is 3. The Hall–Kier alpha value is -3.04. The second-order valence-electron chi connectivity index (χ2n) is 5.61. The molecule has 2 aromatic rings. The molecule has 0 atom stereocenters. The number of imidazole rings is 1. The van der Waals surface area contributed by atoms with Gasteiger partial charge in [-0.2, -0.15) is 0 Å². The van der Waals surface area contributed by atoms with E-state index in [1.807, 2.05) is 0 Å². The van der Waals surface area contributed by atoms with E-state index in [4.69, 9.17) is 0 Å². The molecule has 0 radical (unpaired) electrons. The third kappa shape index (κ3) is 4.13. The summed E-state index contributed by atoms with van der Waals surface area (Å²) in [5, 5.41) is 0. The highest BCUT2D eigenvalue weighted by atomic mass is 19.4. The molecule has 1 aliphatic heterocycles. The number of ether oxygens (including phenoxy) is 1. The first-order valence-electron chi connectivity index (χ1n) is 7.76. The SMILES string of the molecule is O=C(c1cccc(OC(F)(F)F)c1)N1CCN(C(=O)n2ccnc2)CC1. The molecule has 2 heterocycles. The fourth-order valence-corrected chi connectivity index (χ4v) is 2.65. The lowest BCUT2D eigenvalue weighted by Crippen LogP contribution is -2.51. The second kappa shape index (κ2) is 7.06. The van der Waals surface area contributed by atoms with Crippen LogP contribution in [0.5, 0.6) is 5.75 Å². The van der Waals surface area contributed by atoms with Crippen LogP contribution in [0.4, 0.5) is 18.0 Å². The van der Waals surface area contributed by atoms with Crippen LogP contribution in [0.2, 0.25) is 0 Å². The third-order valence-corrected chi connectivity index (χ3v) is 3.88. The molecule has 1 aromatic carbocycles. The van der Waals surface area contributed by atoms with Gasteiger partial charge < -0.3 is 14.5 Å². The topological polar surface area (TPSA) is 67.7 Å². The summed E-state index contributed by atoms with van der Waals surface area (Å²) in [6.45, 7) is 1.20. The van der Waals surface area contributed by atoms with E-state index >= 15 is 0 Å². The zero-order valence-electron chi connectivity index (χ0n) is 13.5. The number of carbonyl (C=O) groups excluding carboxylic acids is 2. The molecular weight excluding hydrogens is 353 g/mol. The van der Waals surface area contributed by atoms with Crippen molar-refractivity contribution in [1.82, 2.24) is 19.4 Å². The van der Waals surface area contributed by atoms with Gasteiger partial charge in [-0.05, 0) is 18.2 Å². The summed E-state index contributed by atoms with van der Waals surface area (Å²) in [5.74, 6) is -0.857. The van der Waals surface area contributed by atoms with Crippen molar-refractivity contribution in [3.05, 3.63) is 48.5 Å². The molecule has 1 aliphatic rings. The van der Waals surface area contributed by atoms with E-state index in [9.17, 15) is 22.8 Å². The van der Waals surface area contributed by atoms with Gasteiger partial charge in [-0.3, -0.25) is 9.36 Å². The highest BCUT2D eigenvalue weighted by molar-refractivity contribution is 5.94. The summed E-state index contributed by atoms with van der Waals surface area (Å²) < 4.78 is 42.1. The fraction of sp³-hybridized carbons (Fsp3) is 0.312. The predicted molar refractivity (Wildman–Crippen MR) is 83.6 cm³/mol. The number of alkyl halides is 3. The van der Waals surface area contributed by atoms with E-state index in [0.29, 0.717) is 13.1 Å². The minimum atomic E-state index is -4.82. The van der Waals surface area contributed by atoms with E-state index in [1.165, 1.54) is 40.3 Å². The molecule has 1 fully saturated rings. The Morgan fingerprint density at radius 3 is 2.38 bits per heavy atom. The van der Waals surface area contributed by atoms with E-state index < -0.39 is 18.0 Å². The van der Waals surface area contributed by atoms with Crippen molar-refractivity contribution in [2.24, 2.45) is 0 Å². The van der Waals surface area contributed by atoms with E-state index in [2.05, 4.69) is 9.72 Å².